The molecule has 9 heteroatoms. The molecular formula is C15H22O9. The van der Waals surface area contributed by atoms with E-state index < -0.39 is 55.6 Å². The van der Waals surface area contributed by atoms with Crippen LogP contribution in [0.2, 0.25) is 0 Å². The molecule has 0 aromatic carbocycles. The number of hydrogen-bond donors (Lipinski definition) is 6. The second-order valence-electron chi connectivity index (χ2n) is 6.16. The topological polar surface area (TPSA) is 149 Å². The SMILES string of the molecule is OCC1=C[C@H](O)[C@H]2C=CO[C@@H](O[C@H]3O[C@@H](CO)[C@H](O)[C@@H](O)[C@@H]3O)[C@@H]12. The van der Waals surface area contributed by atoms with E-state index in [9.17, 15) is 30.6 Å². The third-order valence-electron chi connectivity index (χ3n) is 4.73. The Morgan fingerprint density at radius 2 is 1.75 bits per heavy atom. The van der Waals surface area contributed by atoms with Gasteiger partial charge in [-0.3, -0.25) is 0 Å². The van der Waals surface area contributed by atoms with Crippen molar-refractivity contribution in [2.75, 3.05) is 13.2 Å². The van der Waals surface area contributed by atoms with Crippen molar-refractivity contribution in [1.82, 2.24) is 0 Å². The fourth-order valence-electron chi connectivity index (χ4n) is 3.38. The van der Waals surface area contributed by atoms with Gasteiger partial charge in [0, 0.05) is 5.92 Å². The molecule has 0 amide bonds. The van der Waals surface area contributed by atoms with Crippen LogP contribution in [0.15, 0.2) is 24.0 Å². The highest BCUT2D eigenvalue weighted by atomic mass is 16.8. The van der Waals surface area contributed by atoms with Crippen LogP contribution in [-0.4, -0.2) is 87.0 Å². The molecule has 1 fully saturated rings. The Labute approximate surface area is 138 Å². The molecule has 0 unspecified atom stereocenters. The quantitative estimate of drug-likeness (QED) is 0.297. The molecule has 3 aliphatic rings. The Balaban J connectivity index is 1.75. The largest absolute Gasteiger partial charge is 0.472 e. The molecule has 0 saturated carbocycles. The number of aliphatic hydroxyl groups excluding tert-OH is 6. The summed E-state index contributed by atoms with van der Waals surface area (Å²) in [5.74, 6) is -0.835. The van der Waals surface area contributed by atoms with Gasteiger partial charge in [0.15, 0.2) is 6.29 Å². The van der Waals surface area contributed by atoms with Gasteiger partial charge in [-0.1, -0.05) is 6.08 Å². The Morgan fingerprint density at radius 1 is 1.00 bits per heavy atom. The molecule has 0 bridgehead atoms. The minimum absolute atomic E-state index is 0.288. The molecule has 1 saturated heterocycles. The third kappa shape index (κ3) is 2.98. The summed E-state index contributed by atoms with van der Waals surface area (Å²) in [7, 11) is 0. The first-order valence-electron chi connectivity index (χ1n) is 7.75. The van der Waals surface area contributed by atoms with E-state index in [0.717, 1.165) is 0 Å². The molecule has 3 rings (SSSR count). The molecule has 9 atom stereocenters. The van der Waals surface area contributed by atoms with Gasteiger partial charge in [0.1, 0.15) is 24.4 Å². The summed E-state index contributed by atoms with van der Waals surface area (Å²) in [4.78, 5) is 0. The third-order valence-corrected chi connectivity index (χ3v) is 4.73. The first-order valence-corrected chi connectivity index (χ1v) is 7.75. The zero-order valence-electron chi connectivity index (χ0n) is 12.8. The molecule has 24 heavy (non-hydrogen) atoms. The monoisotopic (exact) mass is 346 g/mol. The van der Waals surface area contributed by atoms with Gasteiger partial charge in [-0.15, -0.1) is 0 Å². The maximum Gasteiger partial charge on any atom is 0.209 e. The van der Waals surface area contributed by atoms with Crippen molar-refractivity contribution in [3.8, 4) is 0 Å². The summed E-state index contributed by atoms with van der Waals surface area (Å²) in [5, 5.41) is 58.3. The lowest BCUT2D eigenvalue weighted by atomic mass is 9.88. The molecule has 2 heterocycles. The molecule has 0 spiro atoms. The van der Waals surface area contributed by atoms with Crippen molar-refractivity contribution in [2.24, 2.45) is 11.8 Å². The summed E-state index contributed by atoms with van der Waals surface area (Å²) in [5.41, 5.74) is 0.534. The first kappa shape index (κ1) is 17.8. The highest BCUT2D eigenvalue weighted by Gasteiger charge is 2.49. The Bertz CT molecular complexity index is 505. The van der Waals surface area contributed by atoms with Crippen LogP contribution in [0.4, 0.5) is 0 Å². The van der Waals surface area contributed by atoms with Crippen molar-refractivity contribution >= 4 is 0 Å². The van der Waals surface area contributed by atoms with Crippen molar-refractivity contribution in [1.29, 1.82) is 0 Å². The summed E-state index contributed by atoms with van der Waals surface area (Å²) in [6.07, 6.45) is -4.27. The van der Waals surface area contributed by atoms with E-state index in [-0.39, 0.29) is 12.5 Å². The average molecular weight is 346 g/mol. The highest BCUT2D eigenvalue weighted by Crippen LogP contribution is 2.40. The van der Waals surface area contributed by atoms with Crippen molar-refractivity contribution in [2.45, 2.75) is 43.1 Å². The Kier molecular flexibility index (Phi) is 5.23. The van der Waals surface area contributed by atoms with Gasteiger partial charge >= 0.3 is 0 Å². The Morgan fingerprint density at radius 3 is 2.42 bits per heavy atom. The fourth-order valence-corrected chi connectivity index (χ4v) is 3.38. The molecule has 0 radical (unpaired) electrons. The summed E-state index contributed by atoms with van der Waals surface area (Å²) in [6.45, 7) is -0.854. The molecule has 0 aromatic rings. The van der Waals surface area contributed by atoms with Crippen molar-refractivity contribution < 1.29 is 44.8 Å². The normalized spacial score (nSPS) is 47.9. The smallest absolute Gasteiger partial charge is 0.209 e. The first-order chi connectivity index (χ1) is 11.5. The summed E-state index contributed by atoms with van der Waals surface area (Å²) >= 11 is 0. The van der Waals surface area contributed by atoms with Gasteiger partial charge in [-0.05, 0) is 11.6 Å². The van der Waals surface area contributed by atoms with E-state index in [0.29, 0.717) is 5.57 Å². The fraction of sp³-hybridized carbons (Fsp3) is 0.733. The van der Waals surface area contributed by atoms with Gasteiger partial charge in [-0.2, -0.15) is 0 Å². The molecule has 136 valence electrons. The number of fused-ring (bicyclic) bond motifs is 1. The minimum Gasteiger partial charge on any atom is -0.472 e. The van der Waals surface area contributed by atoms with Crippen LogP contribution >= 0.6 is 0 Å². The van der Waals surface area contributed by atoms with Crippen molar-refractivity contribution in [3.63, 3.8) is 0 Å². The summed E-state index contributed by atoms with van der Waals surface area (Å²) < 4.78 is 16.3. The lowest BCUT2D eigenvalue weighted by Crippen LogP contribution is -2.60. The van der Waals surface area contributed by atoms with Gasteiger partial charge in [0.05, 0.1) is 31.5 Å². The molecule has 1 aliphatic carbocycles. The minimum atomic E-state index is -1.56. The van der Waals surface area contributed by atoms with E-state index in [1.165, 1.54) is 12.3 Å². The number of hydrogen-bond acceptors (Lipinski definition) is 9. The maximum absolute atomic E-state index is 10.0. The van der Waals surface area contributed by atoms with Gasteiger partial charge in [0.25, 0.3) is 0 Å². The second-order valence-corrected chi connectivity index (χ2v) is 6.16. The van der Waals surface area contributed by atoms with E-state index >= 15 is 0 Å². The van der Waals surface area contributed by atoms with Crippen LogP contribution in [0.5, 0.6) is 0 Å². The standard InChI is InChI=1S/C15H22O9/c16-4-6-3-8(18)7-1-2-22-14(10(6)7)24-15-13(21)12(20)11(19)9(5-17)23-15/h1-3,7-21H,4-5H2/t7-,8+,9+,10+,11+,12-,13+,14+,15-/m1/s1. The zero-order chi connectivity index (χ0) is 17.4. The molecule has 0 aromatic heterocycles. The van der Waals surface area contributed by atoms with E-state index in [1.54, 1.807) is 6.08 Å². The zero-order valence-corrected chi connectivity index (χ0v) is 12.8. The average Bonchev–Trinajstić information content (AvgIpc) is 2.92. The van der Waals surface area contributed by atoms with Crippen LogP contribution in [0.1, 0.15) is 0 Å². The number of ether oxygens (including phenoxy) is 3. The van der Waals surface area contributed by atoms with Crippen LogP contribution in [-0.2, 0) is 14.2 Å². The number of rotatable bonds is 4. The molecule has 9 nitrogen and oxygen atoms in total. The van der Waals surface area contributed by atoms with Crippen LogP contribution in [0.3, 0.4) is 0 Å². The number of aliphatic hydroxyl groups is 6. The highest BCUT2D eigenvalue weighted by molar-refractivity contribution is 5.25. The Hall–Kier alpha value is -1.04. The van der Waals surface area contributed by atoms with Gasteiger partial charge in [-0.25, -0.2) is 0 Å². The predicted molar refractivity (Wildman–Crippen MR) is 77.0 cm³/mol. The van der Waals surface area contributed by atoms with Crippen LogP contribution in [0, 0.1) is 11.8 Å². The van der Waals surface area contributed by atoms with E-state index in [2.05, 4.69) is 0 Å². The maximum atomic E-state index is 10.0. The molecule has 6 N–H and O–H groups in total. The summed E-state index contributed by atoms with van der Waals surface area (Å²) in [6, 6.07) is 0. The van der Waals surface area contributed by atoms with E-state index in [1.807, 2.05) is 0 Å². The lowest BCUT2D eigenvalue weighted by Gasteiger charge is -2.42. The van der Waals surface area contributed by atoms with Gasteiger partial charge < -0.3 is 44.8 Å². The predicted octanol–water partition coefficient (Wildman–Crippen LogP) is -2.80. The molecular weight excluding hydrogens is 324 g/mol. The van der Waals surface area contributed by atoms with Crippen LogP contribution < -0.4 is 0 Å². The van der Waals surface area contributed by atoms with E-state index in [4.69, 9.17) is 14.2 Å². The lowest BCUT2D eigenvalue weighted by molar-refractivity contribution is -0.339. The van der Waals surface area contributed by atoms with Gasteiger partial charge in [0.2, 0.25) is 6.29 Å². The molecule has 2 aliphatic heterocycles. The second kappa shape index (κ2) is 7.06. The van der Waals surface area contributed by atoms with Crippen LogP contribution in [0.25, 0.3) is 0 Å². The van der Waals surface area contributed by atoms with Crippen molar-refractivity contribution in [3.05, 3.63) is 24.0 Å².